The fourth-order valence-corrected chi connectivity index (χ4v) is 3.73. The van der Waals surface area contributed by atoms with Crippen LogP contribution < -0.4 is 5.73 Å². The van der Waals surface area contributed by atoms with Crippen molar-refractivity contribution in [2.45, 2.75) is 44.6 Å². The molecule has 3 atom stereocenters. The van der Waals surface area contributed by atoms with Gasteiger partial charge < -0.3 is 20.1 Å². The van der Waals surface area contributed by atoms with Crippen molar-refractivity contribution in [3.63, 3.8) is 0 Å². The Morgan fingerprint density at radius 2 is 2.00 bits per heavy atom. The zero-order chi connectivity index (χ0) is 18.4. The Balaban J connectivity index is 1.69. The maximum atomic E-state index is 13.2. The molecule has 0 aromatic heterocycles. The first-order valence-corrected chi connectivity index (χ1v) is 9.67. The van der Waals surface area contributed by atoms with Gasteiger partial charge >= 0.3 is 0 Å². The molecule has 0 saturated carbocycles. The van der Waals surface area contributed by atoms with Crippen LogP contribution in [0.25, 0.3) is 0 Å². The van der Waals surface area contributed by atoms with E-state index in [0.717, 1.165) is 51.3 Å². The predicted molar refractivity (Wildman–Crippen MR) is 101 cm³/mol. The highest BCUT2D eigenvalue weighted by atomic mass is 16.5. The molecule has 26 heavy (non-hydrogen) atoms. The van der Waals surface area contributed by atoms with Gasteiger partial charge in [-0.25, -0.2) is 0 Å². The maximum absolute atomic E-state index is 13.2. The summed E-state index contributed by atoms with van der Waals surface area (Å²) in [5, 5.41) is 0. The summed E-state index contributed by atoms with van der Waals surface area (Å²) < 4.78 is 11.3. The zero-order valence-corrected chi connectivity index (χ0v) is 15.7. The smallest absolute Gasteiger partial charge is 0.252 e. The van der Waals surface area contributed by atoms with Gasteiger partial charge in [0.05, 0.1) is 19.3 Å². The molecule has 0 bridgehead atoms. The van der Waals surface area contributed by atoms with Gasteiger partial charge in [0.25, 0.3) is 5.91 Å². The topological polar surface area (TPSA) is 68.0 Å². The monoisotopic (exact) mass is 361 g/mol. The quantitative estimate of drug-likeness (QED) is 0.791. The van der Waals surface area contributed by atoms with Crippen LogP contribution in [0.3, 0.4) is 0 Å². The average molecular weight is 361 g/mol. The van der Waals surface area contributed by atoms with E-state index >= 15 is 0 Å². The lowest BCUT2D eigenvalue weighted by Gasteiger charge is -2.36. The van der Waals surface area contributed by atoms with Crippen molar-refractivity contribution >= 4 is 5.91 Å². The van der Waals surface area contributed by atoms with E-state index in [-0.39, 0.29) is 24.2 Å². The van der Waals surface area contributed by atoms with Crippen LogP contribution in [0.5, 0.6) is 0 Å². The standard InChI is InChI=1S/C20H31N3O3/c1-16(14-22-9-11-25-12-10-22)23(15-17-5-3-2-4-6-17)20(24)19-8-7-18(13-21)26-19/h2-6,16,18-19H,7-15,21H2,1H3/t16?,18-,19+/m1/s1. The third kappa shape index (κ3) is 5.04. The van der Waals surface area contributed by atoms with Crippen LogP contribution in [0, 0.1) is 0 Å². The molecule has 2 aliphatic heterocycles. The SMILES string of the molecule is CC(CN1CCOCC1)N(Cc1ccccc1)C(=O)[C@@H]1CC[C@H](CN)O1. The van der Waals surface area contributed by atoms with Crippen molar-refractivity contribution in [1.29, 1.82) is 0 Å². The number of carbonyl (C=O) groups excluding carboxylic acids is 1. The molecule has 2 aliphatic rings. The van der Waals surface area contributed by atoms with Gasteiger partial charge in [0.15, 0.2) is 0 Å². The van der Waals surface area contributed by atoms with Crippen LogP contribution in [0.15, 0.2) is 30.3 Å². The molecule has 1 unspecified atom stereocenters. The first-order chi connectivity index (χ1) is 12.7. The van der Waals surface area contributed by atoms with Crippen LogP contribution in [0.4, 0.5) is 0 Å². The van der Waals surface area contributed by atoms with E-state index in [4.69, 9.17) is 15.2 Å². The fourth-order valence-electron chi connectivity index (χ4n) is 3.73. The summed E-state index contributed by atoms with van der Waals surface area (Å²) in [7, 11) is 0. The molecule has 1 aromatic carbocycles. The number of rotatable bonds is 7. The summed E-state index contributed by atoms with van der Waals surface area (Å²) in [6, 6.07) is 10.3. The van der Waals surface area contributed by atoms with Crippen molar-refractivity contribution in [3.8, 4) is 0 Å². The van der Waals surface area contributed by atoms with Gasteiger partial charge in [-0.3, -0.25) is 9.69 Å². The number of hydrogen-bond donors (Lipinski definition) is 1. The highest BCUT2D eigenvalue weighted by Gasteiger charge is 2.35. The molecule has 3 rings (SSSR count). The number of carbonyl (C=O) groups is 1. The molecule has 144 valence electrons. The number of nitrogens with zero attached hydrogens (tertiary/aromatic N) is 2. The third-order valence-electron chi connectivity index (χ3n) is 5.28. The molecule has 6 heteroatoms. The minimum atomic E-state index is -0.362. The van der Waals surface area contributed by atoms with E-state index in [1.54, 1.807) is 0 Å². The minimum absolute atomic E-state index is 0.0112. The van der Waals surface area contributed by atoms with Gasteiger partial charge in [-0.15, -0.1) is 0 Å². The lowest BCUT2D eigenvalue weighted by atomic mass is 10.1. The lowest BCUT2D eigenvalue weighted by molar-refractivity contribution is -0.146. The second kappa shape index (κ2) is 9.46. The summed E-state index contributed by atoms with van der Waals surface area (Å²) in [5.41, 5.74) is 6.85. The third-order valence-corrected chi connectivity index (χ3v) is 5.28. The van der Waals surface area contributed by atoms with Gasteiger partial charge in [-0.05, 0) is 25.3 Å². The van der Waals surface area contributed by atoms with E-state index in [2.05, 4.69) is 24.0 Å². The molecular formula is C20H31N3O3. The lowest BCUT2D eigenvalue weighted by Crippen LogP contribution is -2.50. The molecule has 2 heterocycles. The molecule has 0 aliphatic carbocycles. The van der Waals surface area contributed by atoms with Crippen LogP contribution in [-0.2, 0) is 20.8 Å². The molecule has 1 aromatic rings. The maximum Gasteiger partial charge on any atom is 0.252 e. The average Bonchev–Trinajstić information content (AvgIpc) is 3.16. The van der Waals surface area contributed by atoms with E-state index in [1.165, 1.54) is 0 Å². The number of amides is 1. The first kappa shape index (κ1) is 19.3. The Kier molecular flexibility index (Phi) is 7.02. The first-order valence-electron chi connectivity index (χ1n) is 9.67. The zero-order valence-electron chi connectivity index (χ0n) is 15.7. The number of morpholine rings is 1. The van der Waals surface area contributed by atoms with Crippen LogP contribution in [-0.4, -0.2) is 73.3 Å². The van der Waals surface area contributed by atoms with Crippen molar-refractivity contribution in [3.05, 3.63) is 35.9 Å². The number of nitrogens with two attached hydrogens (primary N) is 1. The summed E-state index contributed by atoms with van der Waals surface area (Å²) in [4.78, 5) is 17.6. The minimum Gasteiger partial charge on any atom is -0.379 e. The molecule has 0 radical (unpaired) electrons. The van der Waals surface area contributed by atoms with Crippen molar-refractivity contribution in [2.24, 2.45) is 5.73 Å². The highest BCUT2D eigenvalue weighted by molar-refractivity contribution is 5.81. The van der Waals surface area contributed by atoms with E-state index in [0.29, 0.717) is 13.1 Å². The van der Waals surface area contributed by atoms with Gasteiger partial charge in [-0.1, -0.05) is 30.3 Å². The Labute approximate surface area is 156 Å². The second-order valence-corrected chi connectivity index (χ2v) is 7.27. The van der Waals surface area contributed by atoms with E-state index < -0.39 is 0 Å². The number of benzene rings is 1. The van der Waals surface area contributed by atoms with Gasteiger partial charge in [0.1, 0.15) is 6.10 Å². The van der Waals surface area contributed by atoms with Crippen molar-refractivity contribution in [1.82, 2.24) is 9.80 Å². The second-order valence-electron chi connectivity index (χ2n) is 7.27. The molecule has 2 N–H and O–H groups in total. The predicted octanol–water partition coefficient (Wildman–Crippen LogP) is 1.24. The molecule has 2 fully saturated rings. The number of hydrogen-bond acceptors (Lipinski definition) is 5. The Morgan fingerprint density at radius 1 is 1.27 bits per heavy atom. The largest absolute Gasteiger partial charge is 0.379 e. The Bertz CT molecular complexity index is 563. The number of ether oxygens (including phenoxy) is 2. The molecular weight excluding hydrogens is 330 g/mol. The normalized spacial score (nSPS) is 25.2. The van der Waals surface area contributed by atoms with Crippen LogP contribution in [0.2, 0.25) is 0 Å². The summed E-state index contributed by atoms with van der Waals surface area (Å²) in [6.45, 7) is 7.46. The molecule has 0 spiro atoms. The molecule has 2 saturated heterocycles. The Hall–Kier alpha value is -1.47. The van der Waals surface area contributed by atoms with Crippen LogP contribution >= 0.6 is 0 Å². The Morgan fingerprint density at radius 3 is 2.65 bits per heavy atom. The molecule has 6 nitrogen and oxygen atoms in total. The van der Waals surface area contributed by atoms with Gasteiger partial charge in [-0.2, -0.15) is 0 Å². The fraction of sp³-hybridized carbons (Fsp3) is 0.650. The highest BCUT2D eigenvalue weighted by Crippen LogP contribution is 2.23. The molecule has 1 amide bonds. The summed E-state index contributed by atoms with van der Waals surface area (Å²) in [5.74, 6) is 0.0885. The van der Waals surface area contributed by atoms with Gasteiger partial charge in [0, 0.05) is 38.8 Å². The van der Waals surface area contributed by atoms with Gasteiger partial charge in [0.2, 0.25) is 0 Å². The van der Waals surface area contributed by atoms with Crippen LogP contribution in [0.1, 0.15) is 25.3 Å². The van der Waals surface area contributed by atoms with Crippen molar-refractivity contribution in [2.75, 3.05) is 39.4 Å². The van der Waals surface area contributed by atoms with E-state index in [9.17, 15) is 4.79 Å². The summed E-state index contributed by atoms with van der Waals surface area (Å²) >= 11 is 0. The van der Waals surface area contributed by atoms with Crippen molar-refractivity contribution < 1.29 is 14.3 Å². The van der Waals surface area contributed by atoms with E-state index in [1.807, 2.05) is 23.1 Å². The summed E-state index contributed by atoms with van der Waals surface area (Å²) in [6.07, 6.45) is 1.27.